The van der Waals surface area contributed by atoms with E-state index in [1.54, 1.807) is 11.8 Å². The molecule has 0 fully saturated rings. The predicted octanol–water partition coefficient (Wildman–Crippen LogP) is 2.27. The summed E-state index contributed by atoms with van der Waals surface area (Å²) in [5.41, 5.74) is 1.45. The number of aryl methyl sites for hydroxylation is 1. The fourth-order valence-corrected chi connectivity index (χ4v) is 2.23. The van der Waals surface area contributed by atoms with Crippen LogP contribution in [0, 0.1) is 6.92 Å². The zero-order valence-corrected chi connectivity index (χ0v) is 14.9. The van der Waals surface area contributed by atoms with Crippen molar-refractivity contribution in [1.82, 2.24) is 30.3 Å². The van der Waals surface area contributed by atoms with Gasteiger partial charge in [0, 0.05) is 11.1 Å². The van der Waals surface area contributed by atoms with Crippen molar-refractivity contribution in [3.05, 3.63) is 35.7 Å². The van der Waals surface area contributed by atoms with Gasteiger partial charge in [0.15, 0.2) is 11.6 Å². The van der Waals surface area contributed by atoms with Crippen molar-refractivity contribution in [2.24, 2.45) is 0 Å². The van der Waals surface area contributed by atoms with Crippen LogP contribution in [-0.4, -0.2) is 37.5 Å². The first-order chi connectivity index (χ1) is 11.9. The molecule has 25 heavy (non-hydrogen) atoms. The smallest absolute Gasteiger partial charge is 0.232 e. The number of tetrazole rings is 1. The van der Waals surface area contributed by atoms with Gasteiger partial charge in [0.1, 0.15) is 11.4 Å². The van der Waals surface area contributed by atoms with Crippen molar-refractivity contribution in [3.63, 3.8) is 0 Å². The van der Waals surface area contributed by atoms with Crippen molar-refractivity contribution >= 4 is 5.69 Å². The first-order valence-electron chi connectivity index (χ1n) is 7.89. The Bertz CT molecular complexity index is 863. The molecule has 0 saturated carbocycles. The highest BCUT2D eigenvalue weighted by atomic mass is 16.5. The largest absolute Gasteiger partial charge is 0.494 e. The molecule has 0 atom stereocenters. The summed E-state index contributed by atoms with van der Waals surface area (Å²) < 4.78 is 12.3. The highest BCUT2D eigenvalue weighted by molar-refractivity contribution is 5.58. The number of rotatable bonds is 5. The Morgan fingerprint density at radius 3 is 2.68 bits per heavy atom. The maximum atomic E-state index is 5.40. The van der Waals surface area contributed by atoms with E-state index >= 15 is 0 Å². The maximum absolute atomic E-state index is 5.40. The number of nitrogens with zero attached hydrogens (tertiary/aromatic N) is 6. The van der Waals surface area contributed by atoms with Gasteiger partial charge in [0.25, 0.3) is 0 Å². The van der Waals surface area contributed by atoms with Gasteiger partial charge in [-0.3, -0.25) is 0 Å². The van der Waals surface area contributed by atoms with E-state index in [9.17, 15) is 0 Å². The van der Waals surface area contributed by atoms with Gasteiger partial charge >= 0.3 is 0 Å². The average molecular weight is 343 g/mol. The van der Waals surface area contributed by atoms with Gasteiger partial charge in [0.05, 0.1) is 13.7 Å². The number of nitrogens with one attached hydrogen (secondary N) is 1. The lowest BCUT2D eigenvalue weighted by Crippen LogP contribution is -2.12. The molecule has 0 aliphatic heterocycles. The zero-order valence-electron chi connectivity index (χ0n) is 14.9. The zero-order chi connectivity index (χ0) is 18.0. The van der Waals surface area contributed by atoms with Crippen LogP contribution in [-0.2, 0) is 12.0 Å². The van der Waals surface area contributed by atoms with E-state index in [0.29, 0.717) is 29.8 Å². The molecule has 0 amide bonds. The van der Waals surface area contributed by atoms with E-state index in [1.165, 1.54) is 0 Å². The summed E-state index contributed by atoms with van der Waals surface area (Å²) in [7, 11) is 1.61. The molecule has 0 aliphatic rings. The van der Waals surface area contributed by atoms with Crippen LogP contribution in [0.5, 0.6) is 5.75 Å². The molecule has 0 bridgehead atoms. The van der Waals surface area contributed by atoms with Crippen molar-refractivity contribution in [1.29, 1.82) is 0 Å². The number of hydrogen-bond acceptors (Lipinski definition) is 8. The van der Waals surface area contributed by atoms with Crippen LogP contribution in [0.3, 0.4) is 0 Å². The van der Waals surface area contributed by atoms with E-state index in [4.69, 9.17) is 9.26 Å². The number of ether oxygens (including phenoxy) is 1. The van der Waals surface area contributed by atoms with Gasteiger partial charge in [-0.1, -0.05) is 25.9 Å². The minimum absolute atomic E-state index is 0.170. The van der Waals surface area contributed by atoms with Crippen molar-refractivity contribution in [2.45, 2.75) is 39.7 Å². The van der Waals surface area contributed by atoms with Crippen LogP contribution in [0.2, 0.25) is 0 Å². The normalized spacial score (nSPS) is 11.6. The molecule has 0 unspecified atom stereocenters. The Hall–Kier alpha value is -2.97. The second-order valence-corrected chi connectivity index (χ2v) is 6.64. The van der Waals surface area contributed by atoms with Gasteiger partial charge in [0.2, 0.25) is 5.89 Å². The summed E-state index contributed by atoms with van der Waals surface area (Å²) in [6.45, 7) is 8.36. The Morgan fingerprint density at radius 2 is 2.08 bits per heavy atom. The maximum Gasteiger partial charge on any atom is 0.232 e. The third-order valence-corrected chi connectivity index (χ3v) is 3.59. The fraction of sp³-hybridized carbons (Fsp3) is 0.438. The molecular formula is C16H21N7O2. The quantitative estimate of drug-likeness (QED) is 0.752. The van der Waals surface area contributed by atoms with Crippen LogP contribution in [0.1, 0.15) is 38.3 Å². The second kappa shape index (κ2) is 6.50. The summed E-state index contributed by atoms with van der Waals surface area (Å²) >= 11 is 0. The van der Waals surface area contributed by atoms with Crippen LogP contribution >= 0.6 is 0 Å². The number of aromatic nitrogens is 6. The lowest BCUT2D eigenvalue weighted by atomic mass is 9.97. The van der Waals surface area contributed by atoms with E-state index in [0.717, 1.165) is 11.4 Å². The molecule has 0 spiro atoms. The number of anilines is 1. The minimum Gasteiger partial charge on any atom is -0.494 e. The van der Waals surface area contributed by atoms with E-state index < -0.39 is 0 Å². The molecule has 3 aromatic rings. The molecule has 1 aromatic carbocycles. The summed E-state index contributed by atoms with van der Waals surface area (Å²) in [6, 6.07) is 5.68. The van der Waals surface area contributed by atoms with Crippen LogP contribution in [0.15, 0.2) is 22.7 Å². The summed E-state index contributed by atoms with van der Waals surface area (Å²) in [6.07, 6.45) is 0. The molecular weight excluding hydrogens is 322 g/mol. The van der Waals surface area contributed by atoms with Gasteiger partial charge in [-0.05, 0) is 35.5 Å². The number of hydrogen-bond donors (Lipinski definition) is 1. The number of methoxy groups -OCH3 is 1. The topological polar surface area (TPSA) is 104 Å². The first-order valence-corrected chi connectivity index (χ1v) is 7.89. The highest BCUT2D eigenvalue weighted by Gasteiger charge is 2.21. The number of benzene rings is 1. The molecule has 2 aromatic heterocycles. The highest BCUT2D eigenvalue weighted by Crippen LogP contribution is 2.26. The average Bonchev–Trinajstić information content (AvgIpc) is 3.21. The lowest BCUT2D eigenvalue weighted by molar-refractivity contribution is 0.318. The Kier molecular flexibility index (Phi) is 4.39. The van der Waals surface area contributed by atoms with Crippen LogP contribution < -0.4 is 10.1 Å². The van der Waals surface area contributed by atoms with E-state index in [2.05, 4.69) is 31.0 Å². The standard InChI is InChI=1S/C16H21N7O2/c1-10-19-21-22-23(10)12-8-11(6-7-13(12)24-5)17-9-14-18-15(25-20-14)16(2,3)4/h6-8,17H,9H2,1-5H3. The summed E-state index contributed by atoms with van der Waals surface area (Å²) in [4.78, 5) is 4.41. The molecule has 1 N–H and O–H groups in total. The molecule has 0 saturated heterocycles. The second-order valence-electron chi connectivity index (χ2n) is 6.64. The van der Waals surface area contributed by atoms with Gasteiger partial charge in [-0.2, -0.15) is 9.67 Å². The Labute approximate surface area is 145 Å². The minimum atomic E-state index is -0.170. The molecule has 9 heteroatoms. The summed E-state index contributed by atoms with van der Waals surface area (Å²) in [5.74, 6) is 2.56. The van der Waals surface area contributed by atoms with Gasteiger partial charge in [-0.25, -0.2) is 0 Å². The fourth-order valence-electron chi connectivity index (χ4n) is 2.23. The molecule has 132 valence electrons. The lowest BCUT2D eigenvalue weighted by Gasteiger charge is -2.12. The predicted molar refractivity (Wildman–Crippen MR) is 90.8 cm³/mol. The third-order valence-electron chi connectivity index (χ3n) is 3.59. The molecule has 3 rings (SSSR count). The molecule has 2 heterocycles. The van der Waals surface area contributed by atoms with Gasteiger partial charge < -0.3 is 14.6 Å². The Morgan fingerprint density at radius 1 is 1.28 bits per heavy atom. The SMILES string of the molecule is COc1ccc(NCc2noc(C(C)(C)C)n2)cc1-n1nnnc1C. The van der Waals surface area contributed by atoms with Crippen molar-refractivity contribution in [2.75, 3.05) is 12.4 Å². The van der Waals surface area contributed by atoms with E-state index in [-0.39, 0.29) is 5.41 Å². The van der Waals surface area contributed by atoms with Crippen LogP contribution in [0.25, 0.3) is 5.69 Å². The monoisotopic (exact) mass is 343 g/mol. The Balaban J connectivity index is 1.80. The molecule has 0 aliphatic carbocycles. The molecule has 9 nitrogen and oxygen atoms in total. The van der Waals surface area contributed by atoms with Crippen LogP contribution in [0.4, 0.5) is 5.69 Å². The summed E-state index contributed by atoms with van der Waals surface area (Å²) in [5, 5.41) is 18.9. The van der Waals surface area contributed by atoms with Crippen molar-refractivity contribution < 1.29 is 9.26 Å². The van der Waals surface area contributed by atoms with Crippen molar-refractivity contribution in [3.8, 4) is 11.4 Å². The molecule has 0 radical (unpaired) electrons. The van der Waals surface area contributed by atoms with Gasteiger partial charge in [-0.15, -0.1) is 5.10 Å². The first kappa shape index (κ1) is 16.9. The third kappa shape index (κ3) is 3.59. The van der Waals surface area contributed by atoms with E-state index in [1.807, 2.05) is 45.9 Å².